The minimum atomic E-state index is -0.829. The van der Waals surface area contributed by atoms with Gasteiger partial charge in [0, 0.05) is 19.3 Å². The molecule has 6 heteroatoms. The number of hydrogen-bond donors (Lipinski definition) is 1. The van der Waals surface area contributed by atoms with E-state index < -0.39 is 11.4 Å². The summed E-state index contributed by atoms with van der Waals surface area (Å²) in [7, 11) is 0. The van der Waals surface area contributed by atoms with Crippen molar-refractivity contribution in [3.05, 3.63) is 48.3 Å². The molecule has 3 rings (SSSR count). The Hall–Kier alpha value is -2.63. The van der Waals surface area contributed by atoms with E-state index in [2.05, 4.69) is 5.10 Å². The molecule has 2 heterocycles. The van der Waals surface area contributed by atoms with Crippen molar-refractivity contribution >= 4 is 11.9 Å². The Morgan fingerprint density at radius 2 is 2.00 bits per heavy atom. The first-order valence-electron chi connectivity index (χ1n) is 8.52. The van der Waals surface area contributed by atoms with Crippen molar-refractivity contribution in [2.45, 2.75) is 26.7 Å². The third-order valence-electron chi connectivity index (χ3n) is 5.20. The number of para-hydroxylation sites is 1. The molecule has 0 bridgehead atoms. The van der Waals surface area contributed by atoms with E-state index >= 15 is 0 Å². The van der Waals surface area contributed by atoms with Gasteiger partial charge in [-0.3, -0.25) is 9.59 Å². The van der Waals surface area contributed by atoms with Gasteiger partial charge < -0.3 is 10.0 Å². The van der Waals surface area contributed by atoms with Crippen LogP contribution in [0.15, 0.2) is 42.7 Å². The monoisotopic (exact) mass is 341 g/mol. The second-order valence-electron chi connectivity index (χ2n) is 6.99. The minimum absolute atomic E-state index is 0.0105. The van der Waals surface area contributed by atoms with Crippen LogP contribution in [-0.4, -0.2) is 44.8 Å². The molecular weight excluding hydrogens is 318 g/mol. The van der Waals surface area contributed by atoms with Crippen LogP contribution in [0.3, 0.4) is 0 Å². The van der Waals surface area contributed by atoms with Crippen LogP contribution in [0.25, 0.3) is 5.69 Å². The van der Waals surface area contributed by atoms with Crippen LogP contribution >= 0.6 is 0 Å². The molecule has 25 heavy (non-hydrogen) atoms. The first-order valence-corrected chi connectivity index (χ1v) is 8.52. The normalized spacial score (nSPS) is 20.2. The third kappa shape index (κ3) is 3.29. The van der Waals surface area contributed by atoms with Gasteiger partial charge in [-0.15, -0.1) is 0 Å². The zero-order valence-electron chi connectivity index (χ0n) is 14.6. The van der Waals surface area contributed by atoms with Gasteiger partial charge in [-0.05, 0) is 30.0 Å². The second kappa shape index (κ2) is 6.70. The van der Waals surface area contributed by atoms with Crippen molar-refractivity contribution in [3.8, 4) is 5.69 Å². The number of rotatable bonds is 5. The Bertz CT molecular complexity index is 769. The molecule has 6 nitrogen and oxygen atoms in total. The Labute approximate surface area is 147 Å². The number of carbonyl (C=O) groups is 2. The van der Waals surface area contributed by atoms with Crippen LogP contribution in [-0.2, 0) is 16.0 Å². The quantitative estimate of drug-likeness (QED) is 0.906. The second-order valence-corrected chi connectivity index (χ2v) is 6.99. The Morgan fingerprint density at radius 1 is 1.28 bits per heavy atom. The van der Waals surface area contributed by atoms with Crippen LogP contribution in [0.2, 0.25) is 0 Å². The van der Waals surface area contributed by atoms with E-state index in [1.807, 2.05) is 50.4 Å². The number of carbonyl (C=O) groups excluding carboxylic acids is 1. The summed E-state index contributed by atoms with van der Waals surface area (Å²) in [6.45, 7) is 4.60. The number of carboxylic acids is 1. The molecule has 1 unspecified atom stereocenters. The molecular formula is C19H23N3O3. The fraction of sp³-hybridized carbons (Fsp3) is 0.421. The SMILES string of the molecule is CC(C)C1(C(=O)O)CCN(C(=O)Cc2cnn(-c3ccccc3)c2)C1. The highest BCUT2D eigenvalue weighted by Crippen LogP contribution is 2.38. The van der Waals surface area contributed by atoms with Crippen LogP contribution in [0.1, 0.15) is 25.8 Å². The Morgan fingerprint density at radius 3 is 2.60 bits per heavy atom. The Kier molecular flexibility index (Phi) is 4.61. The molecule has 1 atom stereocenters. The molecule has 1 N–H and O–H groups in total. The van der Waals surface area contributed by atoms with E-state index in [0.29, 0.717) is 13.0 Å². The predicted octanol–water partition coefficient (Wildman–Crippen LogP) is 2.37. The standard InChI is InChI=1S/C19H23N3O3/c1-14(2)19(18(24)25)8-9-21(13-19)17(23)10-15-11-20-22(12-15)16-6-4-3-5-7-16/h3-7,11-12,14H,8-10,13H2,1-2H3,(H,24,25). The van der Waals surface area contributed by atoms with Crippen molar-refractivity contribution in [2.75, 3.05) is 13.1 Å². The van der Waals surface area contributed by atoms with Crippen LogP contribution < -0.4 is 0 Å². The molecule has 1 saturated heterocycles. The van der Waals surface area contributed by atoms with Gasteiger partial charge in [0.25, 0.3) is 0 Å². The molecule has 1 aliphatic rings. The van der Waals surface area contributed by atoms with E-state index in [-0.39, 0.29) is 24.8 Å². The molecule has 1 aliphatic heterocycles. The van der Waals surface area contributed by atoms with E-state index in [4.69, 9.17) is 0 Å². The lowest BCUT2D eigenvalue weighted by Crippen LogP contribution is -2.41. The number of amides is 1. The van der Waals surface area contributed by atoms with Gasteiger partial charge >= 0.3 is 5.97 Å². The largest absolute Gasteiger partial charge is 0.481 e. The van der Waals surface area contributed by atoms with Crippen LogP contribution in [0, 0.1) is 11.3 Å². The fourth-order valence-electron chi connectivity index (χ4n) is 3.40. The number of hydrogen-bond acceptors (Lipinski definition) is 3. The fourth-order valence-corrected chi connectivity index (χ4v) is 3.40. The molecule has 0 saturated carbocycles. The van der Waals surface area contributed by atoms with Gasteiger partial charge in [0.1, 0.15) is 0 Å². The van der Waals surface area contributed by atoms with Gasteiger partial charge in [-0.25, -0.2) is 4.68 Å². The highest BCUT2D eigenvalue weighted by Gasteiger charge is 2.48. The molecule has 0 radical (unpaired) electrons. The summed E-state index contributed by atoms with van der Waals surface area (Å²) in [4.78, 5) is 26.0. The van der Waals surface area contributed by atoms with Crippen molar-refractivity contribution < 1.29 is 14.7 Å². The highest BCUT2D eigenvalue weighted by molar-refractivity contribution is 5.82. The summed E-state index contributed by atoms with van der Waals surface area (Å²) in [5.41, 5.74) is 0.933. The Balaban J connectivity index is 1.68. The number of benzene rings is 1. The number of carboxylic acid groups (broad SMARTS) is 1. The van der Waals surface area contributed by atoms with Crippen molar-refractivity contribution in [1.29, 1.82) is 0 Å². The summed E-state index contributed by atoms with van der Waals surface area (Å²) >= 11 is 0. The summed E-state index contributed by atoms with van der Waals surface area (Å²) in [5.74, 6) is -0.866. The van der Waals surface area contributed by atoms with E-state index in [1.54, 1.807) is 15.8 Å². The maximum atomic E-state index is 12.6. The van der Waals surface area contributed by atoms with Crippen molar-refractivity contribution in [1.82, 2.24) is 14.7 Å². The molecule has 2 aromatic rings. The average Bonchev–Trinajstić information content (AvgIpc) is 3.23. The number of nitrogens with zero attached hydrogens (tertiary/aromatic N) is 3. The van der Waals surface area contributed by atoms with Gasteiger partial charge in [-0.1, -0.05) is 32.0 Å². The first kappa shape index (κ1) is 17.2. The van der Waals surface area contributed by atoms with Gasteiger partial charge in [0.05, 0.1) is 23.7 Å². The third-order valence-corrected chi connectivity index (χ3v) is 5.20. The number of aliphatic carboxylic acids is 1. The summed E-state index contributed by atoms with van der Waals surface area (Å²) < 4.78 is 1.74. The molecule has 1 aromatic carbocycles. The van der Waals surface area contributed by atoms with Crippen molar-refractivity contribution in [3.63, 3.8) is 0 Å². The van der Waals surface area contributed by atoms with Gasteiger partial charge in [0.2, 0.25) is 5.91 Å². The van der Waals surface area contributed by atoms with Crippen molar-refractivity contribution in [2.24, 2.45) is 11.3 Å². The molecule has 1 amide bonds. The maximum Gasteiger partial charge on any atom is 0.311 e. The maximum absolute atomic E-state index is 12.6. The smallest absolute Gasteiger partial charge is 0.311 e. The zero-order valence-corrected chi connectivity index (χ0v) is 14.6. The first-order chi connectivity index (χ1) is 11.9. The van der Waals surface area contributed by atoms with Gasteiger partial charge in [0.15, 0.2) is 0 Å². The summed E-state index contributed by atoms with van der Waals surface area (Å²) in [6, 6.07) is 9.70. The van der Waals surface area contributed by atoms with E-state index in [9.17, 15) is 14.7 Å². The lowest BCUT2D eigenvalue weighted by atomic mass is 9.76. The number of likely N-dealkylation sites (tertiary alicyclic amines) is 1. The molecule has 132 valence electrons. The predicted molar refractivity (Wildman–Crippen MR) is 93.4 cm³/mol. The zero-order chi connectivity index (χ0) is 18.0. The minimum Gasteiger partial charge on any atom is -0.481 e. The number of aromatic nitrogens is 2. The van der Waals surface area contributed by atoms with Gasteiger partial charge in [-0.2, -0.15) is 5.10 Å². The highest BCUT2D eigenvalue weighted by atomic mass is 16.4. The van der Waals surface area contributed by atoms with E-state index in [1.165, 1.54) is 0 Å². The van der Waals surface area contributed by atoms with E-state index in [0.717, 1.165) is 11.3 Å². The van der Waals surface area contributed by atoms with Crippen LogP contribution in [0.5, 0.6) is 0 Å². The molecule has 0 aliphatic carbocycles. The molecule has 1 fully saturated rings. The molecule has 1 aromatic heterocycles. The average molecular weight is 341 g/mol. The summed E-state index contributed by atoms with van der Waals surface area (Å²) in [6.07, 6.45) is 4.28. The lowest BCUT2D eigenvalue weighted by Gasteiger charge is -2.28. The summed E-state index contributed by atoms with van der Waals surface area (Å²) in [5, 5.41) is 13.9. The lowest BCUT2D eigenvalue weighted by molar-refractivity contribution is -0.151. The topological polar surface area (TPSA) is 75.4 Å². The molecule has 0 spiro atoms. The van der Waals surface area contributed by atoms with Crippen LogP contribution in [0.4, 0.5) is 0 Å².